The summed E-state index contributed by atoms with van der Waals surface area (Å²) in [7, 11) is 0. The molecule has 0 aromatic rings. The third-order valence-electron chi connectivity index (χ3n) is 4.24. The topological polar surface area (TPSA) is 52.6 Å². The van der Waals surface area contributed by atoms with Crippen molar-refractivity contribution in [3.05, 3.63) is 0 Å². The predicted octanol–water partition coefficient (Wildman–Crippen LogP) is 4.12. The fourth-order valence-corrected chi connectivity index (χ4v) is 2.94. The fourth-order valence-electron chi connectivity index (χ4n) is 2.94. The molecule has 0 radical (unpaired) electrons. The van der Waals surface area contributed by atoms with Gasteiger partial charge in [-0.2, -0.15) is 0 Å². The first-order valence-electron chi connectivity index (χ1n) is 8.89. The van der Waals surface area contributed by atoms with E-state index in [1.165, 1.54) is 0 Å². The van der Waals surface area contributed by atoms with Gasteiger partial charge in [0.15, 0.2) is 0 Å². The maximum Gasteiger partial charge on any atom is 0.309 e. The molecule has 1 rings (SSSR count). The van der Waals surface area contributed by atoms with Crippen LogP contribution in [0.3, 0.4) is 0 Å². The van der Waals surface area contributed by atoms with E-state index >= 15 is 0 Å². The maximum atomic E-state index is 12.3. The van der Waals surface area contributed by atoms with Crippen LogP contribution in [0.15, 0.2) is 0 Å². The van der Waals surface area contributed by atoms with Gasteiger partial charge in [-0.1, -0.05) is 40.0 Å². The zero-order chi connectivity index (χ0) is 16.4. The smallest absolute Gasteiger partial charge is 0.309 e. The molecule has 0 bridgehead atoms. The molecule has 0 spiro atoms. The Kier molecular flexibility index (Phi) is 9.17. The molecule has 1 fully saturated rings. The van der Waals surface area contributed by atoms with Crippen LogP contribution < -0.4 is 0 Å². The molecule has 0 saturated heterocycles. The molecule has 4 heteroatoms. The highest BCUT2D eigenvalue weighted by molar-refractivity contribution is 5.82. The van der Waals surface area contributed by atoms with Gasteiger partial charge >= 0.3 is 11.9 Å². The summed E-state index contributed by atoms with van der Waals surface area (Å²) in [5.41, 5.74) is 0. The zero-order valence-corrected chi connectivity index (χ0v) is 14.4. The highest BCUT2D eigenvalue weighted by Crippen LogP contribution is 2.32. The molecule has 1 saturated carbocycles. The number of hydrogen-bond acceptors (Lipinski definition) is 4. The maximum absolute atomic E-state index is 12.3. The molecular weight excluding hydrogens is 280 g/mol. The van der Waals surface area contributed by atoms with Crippen LogP contribution in [0.1, 0.15) is 72.1 Å². The van der Waals surface area contributed by atoms with Gasteiger partial charge in [0.1, 0.15) is 0 Å². The van der Waals surface area contributed by atoms with Gasteiger partial charge in [-0.05, 0) is 38.0 Å². The van der Waals surface area contributed by atoms with Crippen molar-refractivity contribution < 1.29 is 19.1 Å². The first-order valence-corrected chi connectivity index (χ1v) is 8.89. The lowest BCUT2D eigenvalue weighted by molar-refractivity contribution is -0.163. The number of ether oxygens (including phenoxy) is 2. The highest BCUT2D eigenvalue weighted by Gasteiger charge is 2.37. The van der Waals surface area contributed by atoms with Gasteiger partial charge in [-0.15, -0.1) is 0 Å². The fraction of sp³-hybridized carbons (Fsp3) is 0.889. The van der Waals surface area contributed by atoms with E-state index in [2.05, 4.69) is 13.8 Å². The Morgan fingerprint density at radius 1 is 0.955 bits per heavy atom. The summed E-state index contributed by atoms with van der Waals surface area (Å²) < 4.78 is 10.6. The number of carbonyl (C=O) groups is 2. The molecule has 0 heterocycles. The number of carbonyl (C=O) groups excluding carboxylic acids is 2. The van der Waals surface area contributed by atoms with Gasteiger partial charge in [-0.3, -0.25) is 9.59 Å². The Balaban J connectivity index is 2.38. The number of esters is 2. The SMILES string of the molecule is CCCOC(=O)C1CCCCC1C(=O)OCCCCC(C)C. The quantitative estimate of drug-likeness (QED) is 0.475. The minimum Gasteiger partial charge on any atom is -0.465 e. The van der Waals surface area contributed by atoms with Crippen LogP contribution in [-0.4, -0.2) is 25.2 Å². The van der Waals surface area contributed by atoms with Gasteiger partial charge in [0, 0.05) is 0 Å². The van der Waals surface area contributed by atoms with E-state index in [-0.39, 0.29) is 23.8 Å². The Bertz CT molecular complexity index is 338. The van der Waals surface area contributed by atoms with Crippen molar-refractivity contribution >= 4 is 11.9 Å². The average Bonchev–Trinajstić information content (AvgIpc) is 2.51. The van der Waals surface area contributed by atoms with Crippen molar-refractivity contribution in [2.24, 2.45) is 17.8 Å². The second-order valence-corrected chi connectivity index (χ2v) is 6.72. The van der Waals surface area contributed by atoms with Crippen LogP contribution in [0.25, 0.3) is 0 Å². The summed E-state index contributed by atoms with van der Waals surface area (Å²) in [5, 5.41) is 0. The van der Waals surface area contributed by atoms with E-state index in [1.54, 1.807) is 0 Å². The van der Waals surface area contributed by atoms with Crippen molar-refractivity contribution in [1.29, 1.82) is 0 Å². The molecule has 0 N–H and O–H groups in total. The summed E-state index contributed by atoms with van der Waals surface area (Å²) in [6.45, 7) is 7.27. The zero-order valence-electron chi connectivity index (χ0n) is 14.4. The molecule has 2 unspecified atom stereocenters. The summed E-state index contributed by atoms with van der Waals surface area (Å²) in [4.78, 5) is 24.3. The molecule has 2 atom stereocenters. The average molecular weight is 312 g/mol. The molecular formula is C18H32O4. The monoisotopic (exact) mass is 312 g/mol. The summed E-state index contributed by atoms with van der Waals surface area (Å²) in [6, 6.07) is 0. The van der Waals surface area contributed by atoms with Gasteiger partial charge < -0.3 is 9.47 Å². The highest BCUT2D eigenvalue weighted by atomic mass is 16.5. The Hall–Kier alpha value is -1.06. The van der Waals surface area contributed by atoms with Crippen LogP contribution in [0.2, 0.25) is 0 Å². The molecule has 0 aliphatic heterocycles. The standard InChI is InChI=1S/C18H32O4/c1-4-12-21-17(19)15-10-5-6-11-16(15)18(20)22-13-8-7-9-14(2)3/h14-16H,4-13H2,1-3H3. The molecule has 0 amide bonds. The number of unbranched alkanes of at least 4 members (excludes halogenated alkanes) is 1. The lowest BCUT2D eigenvalue weighted by Crippen LogP contribution is -2.35. The first kappa shape index (κ1) is 19.0. The van der Waals surface area contributed by atoms with Crippen LogP contribution in [0.4, 0.5) is 0 Å². The van der Waals surface area contributed by atoms with Crippen LogP contribution in [0.5, 0.6) is 0 Å². The second kappa shape index (κ2) is 10.6. The van der Waals surface area contributed by atoms with Crippen LogP contribution in [-0.2, 0) is 19.1 Å². The minimum absolute atomic E-state index is 0.206. The third-order valence-corrected chi connectivity index (χ3v) is 4.24. The van der Waals surface area contributed by atoms with E-state index in [4.69, 9.17) is 9.47 Å². The Morgan fingerprint density at radius 3 is 2.00 bits per heavy atom. The van der Waals surface area contributed by atoms with Crippen molar-refractivity contribution in [2.75, 3.05) is 13.2 Å². The first-order chi connectivity index (χ1) is 10.6. The molecule has 1 aliphatic rings. The summed E-state index contributed by atoms with van der Waals surface area (Å²) >= 11 is 0. The second-order valence-electron chi connectivity index (χ2n) is 6.72. The summed E-state index contributed by atoms with van der Waals surface area (Å²) in [6.07, 6.45) is 7.43. The predicted molar refractivity (Wildman–Crippen MR) is 86.3 cm³/mol. The largest absolute Gasteiger partial charge is 0.465 e. The Labute approximate surface area is 134 Å². The van der Waals surface area contributed by atoms with E-state index in [9.17, 15) is 9.59 Å². The molecule has 1 aliphatic carbocycles. The van der Waals surface area contributed by atoms with E-state index in [1.807, 2.05) is 6.92 Å². The van der Waals surface area contributed by atoms with E-state index in [0.29, 0.717) is 19.1 Å². The van der Waals surface area contributed by atoms with Crippen LogP contribution >= 0.6 is 0 Å². The molecule has 128 valence electrons. The van der Waals surface area contributed by atoms with Crippen molar-refractivity contribution in [3.8, 4) is 0 Å². The van der Waals surface area contributed by atoms with Gasteiger partial charge in [0.2, 0.25) is 0 Å². The van der Waals surface area contributed by atoms with Crippen LogP contribution in [0, 0.1) is 17.8 Å². The van der Waals surface area contributed by atoms with Gasteiger partial charge in [-0.25, -0.2) is 0 Å². The lowest BCUT2D eigenvalue weighted by atomic mass is 9.79. The molecule has 4 nitrogen and oxygen atoms in total. The minimum atomic E-state index is -0.303. The van der Waals surface area contributed by atoms with Crippen molar-refractivity contribution in [1.82, 2.24) is 0 Å². The third kappa shape index (κ3) is 6.80. The molecule has 0 aromatic heterocycles. The Morgan fingerprint density at radius 2 is 1.50 bits per heavy atom. The lowest BCUT2D eigenvalue weighted by Gasteiger charge is -2.28. The number of rotatable bonds is 9. The molecule has 0 aromatic carbocycles. The summed E-state index contributed by atoms with van der Waals surface area (Å²) in [5.74, 6) is -0.343. The van der Waals surface area contributed by atoms with Gasteiger partial charge in [0.05, 0.1) is 25.0 Å². The van der Waals surface area contributed by atoms with Crippen molar-refractivity contribution in [2.45, 2.75) is 72.1 Å². The van der Waals surface area contributed by atoms with E-state index in [0.717, 1.165) is 51.4 Å². The normalized spacial score (nSPS) is 21.6. The number of hydrogen-bond donors (Lipinski definition) is 0. The molecule has 22 heavy (non-hydrogen) atoms. The van der Waals surface area contributed by atoms with Gasteiger partial charge in [0.25, 0.3) is 0 Å². The van der Waals surface area contributed by atoms with Crippen molar-refractivity contribution in [3.63, 3.8) is 0 Å². The van der Waals surface area contributed by atoms with E-state index < -0.39 is 0 Å².